The third kappa shape index (κ3) is 3.92. The third-order valence-corrected chi connectivity index (χ3v) is 4.33. The van der Waals surface area contributed by atoms with Gasteiger partial charge in [0.15, 0.2) is 0 Å². The van der Waals surface area contributed by atoms with Crippen LogP contribution in [0, 0.1) is 13.7 Å². The number of anilines is 1. The minimum Gasteiger partial charge on any atom is -0.322 e. The molecule has 2 aromatic rings. The summed E-state index contributed by atoms with van der Waals surface area (Å²) >= 11 is 11.1. The van der Waals surface area contributed by atoms with Gasteiger partial charge < -0.3 is 5.32 Å². The van der Waals surface area contributed by atoms with Crippen LogP contribution in [-0.2, 0) is 0 Å². The Kier molecular flexibility index (Phi) is 5.17. The predicted octanol–water partition coefficient (Wildman–Crippen LogP) is 4.87. The van der Waals surface area contributed by atoms with Gasteiger partial charge >= 0.3 is 0 Å². The monoisotopic (exact) mass is 480 g/mol. The van der Waals surface area contributed by atoms with Crippen molar-refractivity contribution in [3.63, 3.8) is 0 Å². The molecule has 0 radical (unpaired) electrons. The first-order chi connectivity index (χ1) is 9.88. The molecule has 0 aliphatic carbocycles. The molecule has 0 atom stereocenters. The fourth-order valence-electron chi connectivity index (χ4n) is 1.60. The normalized spacial score (nSPS) is 10.2. The maximum atomic E-state index is 12.2. The molecule has 5 nitrogen and oxygen atoms in total. The fraction of sp³-hybridized carbons (Fsp3) is 0. The van der Waals surface area contributed by atoms with Crippen molar-refractivity contribution in [2.75, 3.05) is 5.32 Å². The summed E-state index contributed by atoms with van der Waals surface area (Å²) < 4.78 is 1.55. The lowest BCUT2D eigenvalue weighted by Crippen LogP contribution is -2.13. The van der Waals surface area contributed by atoms with Crippen LogP contribution in [0.4, 0.5) is 11.4 Å². The number of nitro groups is 1. The summed E-state index contributed by atoms with van der Waals surface area (Å²) in [4.78, 5) is 22.4. The Morgan fingerprint density at radius 1 is 1.29 bits per heavy atom. The van der Waals surface area contributed by atoms with E-state index in [2.05, 4.69) is 21.2 Å². The van der Waals surface area contributed by atoms with E-state index in [0.717, 1.165) is 8.04 Å². The quantitative estimate of drug-likeness (QED) is 0.386. The Morgan fingerprint density at radius 3 is 2.67 bits per heavy atom. The molecule has 1 N–H and O–H groups in total. The standard InChI is InChI=1S/C13H7BrClIN2O3/c14-7-1-4-11(16)9(5-7)13(19)17-8-2-3-10(15)12(6-8)18(20)21/h1-6H,(H,17,19). The summed E-state index contributed by atoms with van der Waals surface area (Å²) in [5.41, 5.74) is 0.535. The molecule has 0 aliphatic heterocycles. The van der Waals surface area contributed by atoms with Crippen molar-refractivity contribution in [1.82, 2.24) is 0 Å². The minimum atomic E-state index is -0.596. The van der Waals surface area contributed by atoms with Crippen LogP contribution in [-0.4, -0.2) is 10.8 Å². The number of nitro benzene ring substituents is 1. The molecule has 0 fully saturated rings. The second-order valence-corrected chi connectivity index (χ2v) is 6.49. The van der Waals surface area contributed by atoms with E-state index in [0.29, 0.717) is 11.3 Å². The summed E-state index contributed by atoms with van der Waals surface area (Å²) in [5.74, 6) is -0.350. The topological polar surface area (TPSA) is 72.2 Å². The lowest BCUT2D eigenvalue weighted by atomic mass is 10.2. The van der Waals surface area contributed by atoms with Crippen LogP contribution in [0.15, 0.2) is 40.9 Å². The molecule has 21 heavy (non-hydrogen) atoms. The first kappa shape index (κ1) is 16.2. The Labute approximate surface area is 147 Å². The predicted molar refractivity (Wildman–Crippen MR) is 92.9 cm³/mol. The number of halogens is 3. The number of nitrogens with one attached hydrogen (secondary N) is 1. The first-order valence-electron chi connectivity index (χ1n) is 5.59. The molecule has 0 bridgehead atoms. The number of rotatable bonds is 3. The Balaban J connectivity index is 2.29. The highest BCUT2D eigenvalue weighted by atomic mass is 127. The molecule has 8 heteroatoms. The van der Waals surface area contributed by atoms with Crippen LogP contribution in [0.1, 0.15) is 10.4 Å². The summed E-state index contributed by atoms with van der Waals surface area (Å²) in [6.07, 6.45) is 0. The molecule has 0 saturated heterocycles. The second-order valence-electron chi connectivity index (χ2n) is 4.00. The largest absolute Gasteiger partial charge is 0.322 e. The van der Waals surface area contributed by atoms with E-state index in [1.807, 2.05) is 28.7 Å². The van der Waals surface area contributed by atoms with Gasteiger partial charge in [0.1, 0.15) is 5.02 Å². The van der Waals surface area contributed by atoms with Crippen molar-refractivity contribution in [3.8, 4) is 0 Å². The highest BCUT2D eigenvalue weighted by Crippen LogP contribution is 2.28. The SMILES string of the molecule is O=C(Nc1ccc(Cl)c([N+](=O)[O-])c1)c1cc(Br)ccc1I. The molecule has 0 aromatic heterocycles. The van der Waals surface area contributed by atoms with Gasteiger partial charge in [-0.05, 0) is 52.9 Å². The zero-order valence-corrected chi connectivity index (χ0v) is 14.8. The summed E-state index contributed by atoms with van der Waals surface area (Å²) in [6, 6.07) is 9.42. The van der Waals surface area contributed by atoms with Crippen LogP contribution in [0.25, 0.3) is 0 Å². The molecular weight excluding hydrogens is 474 g/mol. The van der Waals surface area contributed by atoms with E-state index in [1.165, 1.54) is 18.2 Å². The number of hydrogen-bond donors (Lipinski definition) is 1. The summed E-state index contributed by atoms with van der Waals surface area (Å²) in [6.45, 7) is 0. The lowest BCUT2D eigenvalue weighted by Gasteiger charge is -2.08. The molecule has 1 amide bonds. The lowest BCUT2D eigenvalue weighted by molar-refractivity contribution is -0.384. The molecule has 0 aliphatic rings. The fourth-order valence-corrected chi connectivity index (χ4v) is 2.73. The smallest absolute Gasteiger partial charge is 0.289 e. The Bertz CT molecular complexity index is 739. The molecule has 108 valence electrons. The van der Waals surface area contributed by atoms with Crippen LogP contribution < -0.4 is 5.32 Å². The Morgan fingerprint density at radius 2 is 2.00 bits per heavy atom. The molecule has 0 heterocycles. The van der Waals surface area contributed by atoms with Gasteiger partial charge in [0.2, 0.25) is 0 Å². The summed E-state index contributed by atoms with van der Waals surface area (Å²) in [5, 5.41) is 13.5. The van der Waals surface area contributed by atoms with Crippen molar-refractivity contribution in [3.05, 3.63) is 65.1 Å². The van der Waals surface area contributed by atoms with Gasteiger partial charge in [-0.1, -0.05) is 27.5 Å². The number of carbonyl (C=O) groups excluding carboxylic acids is 1. The van der Waals surface area contributed by atoms with Crippen molar-refractivity contribution in [2.45, 2.75) is 0 Å². The number of hydrogen-bond acceptors (Lipinski definition) is 3. The van der Waals surface area contributed by atoms with Crippen LogP contribution in [0.3, 0.4) is 0 Å². The first-order valence-corrected chi connectivity index (χ1v) is 7.84. The third-order valence-electron chi connectivity index (χ3n) is 2.57. The molecule has 0 spiro atoms. The molecular formula is C13H7BrClIN2O3. The van der Waals surface area contributed by atoms with Gasteiger partial charge in [-0.3, -0.25) is 14.9 Å². The zero-order chi connectivity index (χ0) is 15.6. The zero-order valence-electron chi connectivity index (χ0n) is 10.3. The van der Waals surface area contributed by atoms with E-state index >= 15 is 0 Å². The molecule has 2 aromatic carbocycles. The van der Waals surface area contributed by atoms with Crippen LogP contribution in [0.2, 0.25) is 5.02 Å². The van der Waals surface area contributed by atoms with E-state index in [-0.39, 0.29) is 16.6 Å². The van der Waals surface area contributed by atoms with Crippen LogP contribution in [0.5, 0.6) is 0 Å². The van der Waals surface area contributed by atoms with Gasteiger partial charge in [-0.15, -0.1) is 0 Å². The summed E-state index contributed by atoms with van der Waals surface area (Å²) in [7, 11) is 0. The molecule has 2 rings (SSSR count). The van der Waals surface area contributed by atoms with Gasteiger partial charge in [0.05, 0.1) is 10.5 Å². The van der Waals surface area contributed by atoms with E-state index < -0.39 is 4.92 Å². The van der Waals surface area contributed by atoms with Gasteiger partial charge in [-0.2, -0.15) is 0 Å². The number of nitrogens with zero attached hydrogens (tertiary/aromatic N) is 1. The van der Waals surface area contributed by atoms with Crippen molar-refractivity contribution in [1.29, 1.82) is 0 Å². The second kappa shape index (κ2) is 6.71. The Hall–Kier alpha value is -1.19. The maximum Gasteiger partial charge on any atom is 0.289 e. The van der Waals surface area contributed by atoms with Crippen LogP contribution >= 0.6 is 50.1 Å². The number of benzene rings is 2. The molecule has 0 saturated carbocycles. The average Bonchev–Trinajstić information content (AvgIpc) is 2.43. The molecule has 0 unspecified atom stereocenters. The highest BCUT2D eigenvalue weighted by molar-refractivity contribution is 14.1. The van der Waals surface area contributed by atoms with Crippen molar-refractivity contribution < 1.29 is 9.72 Å². The van der Waals surface area contributed by atoms with Gasteiger partial charge in [0, 0.05) is 19.8 Å². The average molecular weight is 481 g/mol. The van der Waals surface area contributed by atoms with Gasteiger partial charge in [-0.25, -0.2) is 0 Å². The van der Waals surface area contributed by atoms with E-state index in [1.54, 1.807) is 12.1 Å². The highest BCUT2D eigenvalue weighted by Gasteiger charge is 2.15. The minimum absolute atomic E-state index is 0.0232. The van der Waals surface area contributed by atoms with Crippen molar-refractivity contribution in [2.24, 2.45) is 0 Å². The van der Waals surface area contributed by atoms with Gasteiger partial charge in [0.25, 0.3) is 11.6 Å². The van der Waals surface area contributed by atoms with E-state index in [4.69, 9.17) is 11.6 Å². The number of amides is 1. The van der Waals surface area contributed by atoms with E-state index in [9.17, 15) is 14.9 Å². The maximum absolute atomic E-state index is 12.2. The number of carbonyl (C=O) groups is 1. The van der Waals surface area contributed by atoms with Crippen molar-refractivity contribution >= 4 is 67.4 Å².